The van der Waals surface area contributed by atoms with Crippen molar-refractivity contribution >= 4 is 12.0 Å². The van der Waals surface area contributed by atoms with Crippen LogP contribution in [0.3, 0.4) is 0 Å². The molecule has 2 aliphatic carbocycles. The Labute approximate surface area is 125 Å². The molecule has 0 aromatic heterocycles. The second-order valence-electron chi connectivity index (χ2n) is 5.81. The molecule has 3 rings (SSSR count). The van der Waals surface area contributed by atoms with Gasteiger partial charge in [-0.15, -0.1) is 0 Å². The van der Waals surface area contributed by atoms with E-state index in [1.54, 1.807) is 13.2 Å². The number of methoxy groups -OCH3 is 1. The van der Waals surface area contributed by atoms with Crippen molar-refractivity contribution in [2.75, 3.05) is 7.11 Å². The molecule has 1 aromatic rings. The van der Waals surface area contributed by atoms with Crippen molar-refractivity contribution in [3.63, 3.8) is 0 Å². The van der Waals surface area contributed by atoms with Gasteiger partial charge in [-0.3, -0.25) is 0 Å². The summed E-state index contributed by atoms with van der Waals surface area (Å²) in [5.41, 5.74) is 2.07. The first-order valence-corrected chi connectivity index (χ1v) is 7.37. The Morgan fingerprint density at radius 1 is 1.29 bits per heavy atom. The lowest BCUT2D eigenvalue weighted by molar-refractivity contribution is -0.144. The van der Waals surface area contributed by atoms with E-state index in [9.17, 15) is 4.79 Å². The van der Waals surface area contributed by atoms with E-state index in [1.807, 2.05) is 25.1 Å². The van der Waals surface area contributed by atoms with E-state index in [-0.39, 0.29) is 12.1 Å². The van der Waals surface area contributed by atoms with E-state index >= 15 is 0 Å². The fourth-order valence-corrected chi connectivity index (χ4v) is 3.17. The van der Waals surface area contributed by atoms with Gasteiger partial charge in [0, 0.05) is 12.0 Å². The Bertz CT molecular complexity index is 600. The molecular weight excluding hydrogens is 264 g/mol. The Morgan fingerprint density at radius 3 is 2.76 bits per heavy atom. The van der Waals surface area contributed by atoms with Crippen LogP contribution in [0.1, 0.15) is 24.0 Å². The summed E-state index contributed by atoms with van der Waals surface area (Å²) >= 11 is 0. The van der Waals surface area contributed by atoms with E-state index in [0.29, 0.717) is 11.8 Å². The van der Waals surface area contributed by atoms with Crippen molar-refractivity contribution in [1.29, 1.82) is 0 Å². The minimum atomic E-state index is -0.254. The summed E-state index contributed by atoms with van der Waals surface area (Å²) in [4.78, 5) is 11.9. The molecule has 0 aliphatic heterocycles. The van der Waals surface area contributed by atoms with Gasteiger partial charge in [-0.25, -0.2) is 4.79 Å². The molecule has 0 spiro atoms. The summed E-state index contributed by atoms with van der Waals surface area (Å²) in [5, 5.41) is 0. The lowest BCUT2D eigenvalue weighted by Gasteiger charge is -2.17. The van der Waals surface area contributed by atoms with Crippen molar-refractivity contribution in [2.24, 2.45) is 11.8 Å². The van der Waals surface area contributed by atoms with E-state index in [1.165, 1.54) is 6.08 Å². The van der Waals surface area contributed by atoms with Crippen molar-refractivity contribution in [2.45, 2.75) is 25.9 Å². The first-order chi connectivity index (χ1) is 10.2. The first-order valence-electron chi connectivity index (χ1n) is 7.37. The number of ether oxygens (including phenoxy) is 2. The fraction of sp³-hybridized carbons (Fsp3) is 0.389. The van der Waals surface area contributed by atoms with Gasteiger partial charge in [0.15, 0.2) is 0 Å². The van der Waals surface area contributed by atoms with Gasteiger partial charge in [-0.05, 0) is 55.0 Å². The number of hydrogen-bond donors (Lipinski definition) is 0. The molecule has 0 radical (unpaired) electrons. The molecule has 1 saturated carbocycles. The highest BCUT2D eigenvalue weighted by Crippen LogP contribution is 2.40. The number of benzene rings is 1. The zero-order valence-corrected chi connectivity index (χ0v) is 12.4. The number of carbonyl (C=O) groups is 1. The summed E-state index contributed by atoms with van der Waals surface area (Å²) in [6, 6.07) is 5.78. The Hall–Kier alpha value is -2.03. The van der Waals surface area contributed by atoms with Crippen LogP contribution in [0.15, 0.2) is 36.4 Å². The van der Waals surface area contributed by atoms with Crippen molar-refractivity contribution < 1.29 is 14.3 Å². The standard InChI is InChI=1S/C18H20O3/c1-12-9-16(20-2)7-5-14(12)6-8-18(19)21-17-11-13-3-4-15(17)10-13/h3-9,13,15,17H,10-11H2,1-2H3/b8-6+. The fourth-order valence-electron chi connectivity index (χ4n) is 3.17. The predicted octanol–water partition coefficient (Wildman–Crippen LogP) is 3.52. The molecule has 21 heavy (non-hydrogen) atoms. The topological polar surface area (TPSA) is 35.5 Å². The first kappa shape index (κ1) is 13.9. The Balaban J connectivity index is 1.60. The highest BCUT2D eigenvalue weighted by molar-refractivity contribution is 5.87. The number of fused-ring (bicyclic) bond motifs is 2. The van der Waals surface area contributed by atoms with Crippen LogP contribution in [-0.2, 0) is 9.53 Å². The number of aryl methyl sites for hydroxylation is 1. The van der Waals surface area contributed by atoms with Gasteiger partial charge in [-0.2, -0.15) is 0 Å². The molecular formula is C18H20O3. The van der Waals surface area contributed by atoms with E-state index < -0.39 is 0 Å². The second-order valence-corrected chi connectivity index (χ2v) is 5.81. The summed E-state index contributed by atoms with van der Waals surface area (Å²) in [6.07, 6.45) is 9.93. The average Bonchev–Trinajstić information content (AvgIpc) is 3.08. The van der Waals surface area contributed by atoms with Crippen LogP contribution < -0.4 is 4.74 Å². The van der Waals surface area contributed by atoms with Gasteiger partial charge in [0.1, 0.15) is 11.9 Å². The monoisotopic (exact) mass is 284 g/mol. The smallest absolute Gasteiger partial charge is 0.331 e. The van der Waals surface area contributed by atoms with Crippen molar-refractivity contribution in [1.82, 2.24) is 0 Å². The van der Waals surface area contributed by atoms with Crippen molar-refractivity contribution in [3.8, 4) is 5.75 Å². The van der Waals surface area contributed by atoms with Gasteiger partial charge < -0.3 is 9.47 Å². The highest BCUT2D eigenvalue weighted by Gasteiger charge is 2.37. The molecule has 0 amide bonds. The molecule has 1 fully saturated rings. The quantitative estimate of drug-likeness (QED) is 0.482. The van der Waals surface area contributed by atoms with Crippen LogP contribution >= 0.6 is 0 Å². The Kier molecular flexibility index (Phi) is 3.82. The van der Waals surface area contributed by atoms with Crippen molar-refractivity contribution in [3.05, 3.63) is 47.6 Å². The maximum absolute atomic E-state index is 11.9. The number of allylic oxidation sites excluding steroid dienone is 1. The summed E-state index contributed by atoms with van der Waals surface area (Å²) < 4.78 is 10.7. The molecule has 2 bridgehead atoms. The lowest BCUT2D eigenvalue weighted by atomic mass is 10.0. The summed E-state index contributed by atoms with van der Waals surface area (Å²) in [6.45, 7) is 1.99. The van der Waals surface area contributed by atoms with E-state index in [4.69, 9.17) is 9.47 Å². The molecule has 110 valence electrons. The Morgan fingerprint density at radius 2 is 2.14 bits per heavy atom. The zero-order chi connectivity index (χ0) is 14.8. The molecule has 1 aromatic carbocycles. The summed E-state index contributed by atoms with van der Waals surface area (Å²) in [7, 11) is 1.64. The van der Waals surface area contributed by atoms with Crippen LogP contribution in [0.25, 0.3) is 6.08 Å². The average molecular weight is 284 g/mol. The maximum atomic E-state index is 11.9. The molecule has 0 N–H and O–H groups in total. The third-order valence-corrected chi connectivity index (χ3v) is 4.36. The molecule has 2 aliphatic rings. The normalized spacial score (nSPS) is 26.5. The van der Waals surface area contributed by atoms with Gasteiger partial charge in [-0.1, -0.05) is 18.2 Å². The number of hydrogen-bond acceptors (Lipinski definition) is 3. The van der Waals surface area contributed by atoms with E-state index in [0.717, 1.165) is 29.7 Å². The van der Waals surface area contributed by atoms with Gasteiger partial charge in [0.25, 0.3) is 0 Å². The SMILES string of the molecule is COc1ccc(/C=C/C(=O)OC2CC3C=CC2C3)c(C)c1. The minimum Gasteiger partial charge on any atom is -0.497 e. The van der Waals surface area contributed by atoms with Crippen LogP contribution in [0, 0.1) is 18.8 Å². The van der Waals surface area contributed by atoms with Crippen LogP contribution in [0.4, 0.5) is 0 Å². The van der Waals surface area contributed by atoms with Gasteiger partial charge >= 0.3 is 5.97 Å². The molecule has 0 heterocycles. The zero-order valence-electron chi connectivity index (χ0n) is 12.4. The predicted molar refractivity (Wildman–Crippen MR) is 82.0 cm³/mol. The molecule has 3 unspecified atom stereocenters. The van der Waals surface area contributed by atoms with Crippen LogP contribution in [0.2, 0.25) is 0 Å². The maximum Gasteiger partial charge on any atom is 0.331 e. The minimum absolute atomic E-state index is 0.0640. The molecule has 3 nitrogen and oxygen atoms in total. The number of rotatable bonds is 4. The second kappa shape index (κ2) is 5.76. The molecule has 3 atom stereocenters. The number of esters is 1. The summed E-state index contributed by atoms with van der Waals surface area (Å²) in [5.74, 6) is 1.60. The third-order valence-electron chi connectivity index (χ3n) is 4.36. The van der Waals surface area contributed by atoms with Gasteiger partial charge in [0.2, 0.25) is 0 Å². The van der Waals surface area contributed by atoms with Crippen LogP contribution in [0.5, 0.6) is 5.75 Å². The largest absolute Gasteiger partial charge is 0.497 e. The van der Waals surface area contributed by atoms with E-state index in [2.05, 4.69) is 12.2 Å². The third kappa shape index (κ3) is 3.02. The molecule has 3 heteroatoms. The molecule has 0 saturated heterocycles. The number of carbonyl (C=O) groups excluding carboxylic acids is 1. The highest BCUT2D eigenvalue weighted by atomic mass is 16.5. The lowest BCUT2D eigenvalue weighted by Crippen LogP contribution is -2.21. The van der Waals surface area contributed by atoms with Crippen LogP contribution in [-0.4, -0.2) is 19.2 Å². The van der Waals surface area contributed by atoms with Gasteiger partial charge in [0.05, 0.1) is 7.11 Å².